The monoisotopic (exact) mass is 405 g/mol. The van der Waals surface area contributed by atoms with Gasteiger partial charge in [0.15, 0.2) is 0 Å². The molecule has 1 fully saturated rings. The van der Waals surface area contributed by atoms with Crippen LogP contribution in [0.25, 0.3) is 22.5 Å². The van der Waals surface area contributed by atoms with Crippen LogP contribution in [0.2, 0.25) is 5.02 Å². The van der Waals surface area contributed by atoms with E-state index in [-0.39, 0.29) is 0 Å². The highest BCUT2D eigenvalue weighted by Gasteiger charge is 2.17. The minimum Gasteiger partial charge on any atom is -0.398 e. The van der Waals surface area contributed by atoms with E-state index in [4.69, 9.17) is 22.4 Å². The molecule has 0 unspecified atom stereocenters. The molecule has 2 heterocycles. The first-order valence-electron chi connectivity index (χ1n) is 9.81. The molecule has 148 valence electrons. The molecule has 5 nitrogen and oxygen atoms in total. The maximum atomic E-state index is 6.47. The average molecular weight is 406 g/mol. The van der Waals surface area contributed by atoms with Crippen LogP contribution < -0.4 is 11.1 Å². The van der Waals surface area contributed by atoms with Crippen LogP contribution >= 0.6 is 11.6 Å². The van der Waals surface area contributed by atoms with Gasteiger partial charge in [-0.3, -0.25) is 0 Å². The zero-order valence-corrected chi connectivity index (χ0v) is 16.9. The molecule has 1 aliphatic rings. The predicted octanol–water partition coefficient (Wildman–Crippen LogP) is 5.03. The molecule has 0 aliphatic heterocycles. The molecule has 1 aliphatic carbocycles. The summed E-state index contributed by atoms with van der Waals surface area (Å²) in [5.41, 5.74) is 10.5. The number of nitrogens with one attached hydrogen (secondary N) is 1. The molecule has 4 rings (SSSR count). The van der Waals surface area contributed by atoms with Crippen molar-refractivity contribution in [3.63, 3.8) is 0 Å². The van der Waals surface area contributed by atoms with E-state index in [1.807, 2.05) is 53.2 Å². The summed E-state index contributed by atoms with van der Waals surface area (Å²) < 4.78 is 1.82. The first-order valence-corrected chi connectivity index (χ1v) is 10.2. The number of nitrogens with zero attached hydrogens (tertiary/aromatic N) is 3. The van der Waals surface area contributed by atoms with E-state index < -0.39 is 0 Å². The van der Waals surface area contributed by atoms with Crippen molar-refractivity contribution in [1.82, 2.24) is 14.9 Å². The highest BCUT2D eigenvalue weighted by Crippen LogP contribution is 2.31. The fourth-order valence-corrected chi connectivity index (χ4v) is 3.95. The van der Waals surface area contributed by atoms with Crippen molar-refractivity contribution in [1.29, 1.82) is 0 Å². The summed E-state index contributed by atoms with van der Waals surface area (Å²) in [6.45, 7) is 3.99. The van der Waals surface area contributed by atoms with E-state index in [1.165, 1.54) is 25.7 Å². The summed E-state index contributed by atoms with van der Waals surface area (Å²) in [4.78, 5) is 4.40. The number of nitrogens with two attached hydrogens (primary N) is 1. The Labute approximate surface area is 175 Å². The van der Waals surface area contributed by atoms with Gasteiger partial charge in [-0.2, -0.15) is 5.10 Å². The molecule has 0 atom stereocenters. The molecule has 0 radical (unpaired) electrons. The van der Waals surface area contributed by atoms with Gasteiger partial charge in [0.2, 0.25) is 0 Å². The second-order valence-electron chi connectivity index (χ2n) is 7.24. The van der Waals surface area contributed by atoms with E-state index >= 15 is 0 Å². The molecule has 29 heavy (non-hydrogen) atoms. The summed E-state index contributed by atoms with van der Waals surface area (Å²) in [6, 6.07) is 14.0. The number of aliphatic imine (C=N–C) groups is 1. The predicted molar refractivity (Wildman–Crippen MR) is 121 cm³/mol. The first-order chi connectivity index (χ1) is 14.1. The third-order valence-electron chi connectivity index (χ3n) is 5.14. The zero-order valence-electron chi connectivity index (χ0n) is 16.2. The number of rotatable bonds is 6. The van der Waals surface area contributed by atoms with E-state index in [2.05, 4.69) is 16.9 Å². The lowest BCUT2D eigenvalue weighted by atomic mass is 10.0. The topological polar surface area (TPSA) is 67.7 Å². The van der Waals surface area contributed by atoms with Crippen LogP contribution in [0.15, 0.2) is 72.1 Å². The summed E-state index contributed by atoms with van der Waals surface area (Å²) in [7, 11) is 0. The molecular formula is C23H24ClN5. The number of halogens is 1. The Balaban J connectivity index is 1.64. The summed E-state index contributed by atoms with van der Waals surface area (Å²) in [6.07, 6.45) is 10.3. The molecule has 0 amide bonds. The van der Waals surface area contributed by atoms with Crippen molar-refractivity contribution >= 4 is 29.0 Å². The zero-order chi connectivity index (χ0) is 20.2. The number of hydrogen-bond acceptors (Lipinski definition) is 4. The standard InChI is InChI=1S/C23H24ClN5/c1-16(27-19-9-2-3-10-19)26-13-12-20(25)22-21-11-4-5-14-29(21)28-23(22)17-7-6-8-18(24)15-17/h4-8,11-15,19,27H,1-3,9-10,25H2/b20-12-,26-13?. The maximum Gasteiger partial charge on any atom is 0.118 e. The van der Waals surface area contributed by atoms with Gasteiger partial charge in [0.05, 0.1) is 11.1 Å². The SMILES string of the molecule is C=C(N=C/C=C(\N)c1c(-c2cccc(Cl)c2)nn2ccccc12)NC1CCCC1. The lowest BCUT2D eigenvalue weighted by Gasteiger charge is -2.11. The highest BCUT2D eigenvalue weighted by molar-refractivity contribution is 6.30. The van der Waals surface area contributed by atoms with Gasteiger partial charge in [0, 0.05) is 34.7 Å². The third kappa shape index (κ3) is 4.35. The molecule has 0 bridgehead atoms. The Bertz CT molecular complexity index is 1090. The van der Waals surface area contributed by atoms with Gasteiger partial charge in [-0.1, -0.05) is 49.2 Å². The number of aromatic nitrogens is 2. The molecule has 3 N–H and O–H groups in total. The van der Waals surface area contributed by atoms with Crippen LogP contribution in [0.1, 0.15) is 31.2 Å². The van der Waals surface area contributed by atoms with Gasteiger partial charge in [0.1, 0.15) is 11.5 Å². The second-order valence-corrected chi connectivity index (χ2v) is 7.67. The summed E-state index contributed by atoms with van der Waals surface area (Å²) in [5, 5.41) is 8.74. The second kappa shape index (κ2) is 8.53. The van der Waals surface area contributed by atoms with Crippen molar-refractivity contribution in [2.75, 3.05) is 0 Å². The van der Waals surface area contributed by atoms with E-state index in [1.54, 1.807) is 12.3 Å². The van der Waals surface area contributed by atoms with Crippen molar-refractivity contribution in [2.45, 2.75) is 31.7 Å². The number of allylic oxidation sites excluding steroid dienone is 1. The fourth-order valence-electron chi connectivity index (χ4n) is 3.76. The fraction of sp³-hybridized carbons (Fsp3) is 0.217. The average Bonchev–Trinajstić information content (AvgIpc) is 3.35. The van der Waals surface area contributed by atoms with Gasteiger partial charge in [-0.15, -0.1) is 0 Å². The Morgan fingerprint density at radius 2 is 2.07 bits per heavy atom. The van der Waals surface area contributed by atoms with Crippen molar-refractivity contribution in [2.24, 2.45) is 10.7 Å². The van der Waals surface area contributed by atoms with Gasteiger partial charge < -0.3 is 11.1 Å². The van der Waals surface area contributed by atoms with Crippen LogP contribution in [-0.4, -0.2) is 21.9 Å². The van der Waals surface area contributed by atoms with Crippen molar-refractivity contribution < 1.29 is 0 Å². The maximum absolute atomic E-state index is 6.47. The minimum absolute atomic E-state index is 0.482. The third-order valence-corrected chi connectivity index (χ3v) is 5.37. The molecule has 0 spiro atoms. The Morgan fingerprint density at radius 3 is 2.86 bits per heavy atom. The van der Waals surface area contributed by atoms with Crippen molar-refractivity contribution in [3.8, 4) is 11.3 Å². The Kier molecular flexibility index (Phi) is 5.67. The smallest absolute Gasteiger partial charge is 0.118 e. The van der Waals surface area contributed by atoms with Crippen LogP contribution in [0.4, 0.5) is 0 Å². The lowest BCUT2D eigenvalue weighted by molar-refractivity contribution is 0.583. The van der Waals surface area contributed by atoms with Crippen LogP contribution in [0, 0.1) is 0 Å². The first kappa shape index (κ1) is 19.3. The van der Waals surface area contributed by atoms with Gasteiger partial charge in [0.25, 0.3) is 0 Å². The van der Waals surface area contributed by atoms with Gasteiger partial charge in [-0.25, -0.2) is 9.51 Å². The Morgan fingerprint density at radius 1 is 1.24 bits per heavy atom. The van der Waals surface area contributed by atoms with Gasteiger partial charge in [-0.05, 0) is 43.2 Å². The molecule has 0 saturated heterocycles. The highest BCUT2D eigenvalue weighted by atomic mass is 35.5. The molecular weight excluding hydrogens is 382 g/mol. The van der Waals surface area contributed by atoms with E-state index in [0.29, 0.717) is 22.6 Å². The number of pyridine rings is 1. The Hall–Kier alpha value is -3.05. The number of fused-ring (bicyclic) bond motifs is 1. The van der Waals surface area contributed by atoms with E-state index in [9.17, 15) is 0 Å². The lowest BCUT2D eigenvalue weighted by Crippen LogP contribution is -2.23. The van der Waals surface area contributed by atoms with E-state index in [0.717, 1.165) is 22.3 Å². The summed E-state index contributed by atoms with van der Waals surface area (Å²) in [5.74, 6) is 0.663. The number of benzene rings is 1. The molecule has 3 aromatic rings. The molecule has 1 saturated carbocycles. The van der Waals surface area contributed by atoms with Crippen LogP contribution in [-0.2, 0) is 0 Å². The van der Waals surface area contributed by atoms with Crippen LogP contribution in [0.3, 0.4) is 0 Å². The molecule has 1 aromatic carbocycles. The summed E-state index contributed by atoms with van der Waals surface area (Å²) >= 11 is 6.20. The number of hydrogen-bond donors (Lipinski definition) is 2. The normalized spacial score (nSPS) is 15.4. The quantitative estimate of drug-likeness (QED) is 0.565. The molecule has 2 aromatic heterocycles. The minimum atomic E-state index is 0.482. The van der Waals surface area contributed by atoms with Crippen molar-refractivity contribution in [3.05, 3.63) is 77.7 Å². The largest absolute Gasteiger partial charge is 0.398 e. The molecule has 6 heteroatoms. The van der Waals surface area contributed by atoms with Gasteiger partial charge >= 0.3 is 0 Å². The van der Waals surface area contributed by atoms with Crippen LogP contribution in [0.5, 0.6) is 0 Å².